The largest absolute Gasteiger partial charge is 0.492 e. The van der Waals surface area contributed by atoms with Gasteiger partial charge in [0.15, 0.2) is 30.3 Å². The summed E-state index contributed by atoms with van der Waals surface area (Å²) in [6.45, 7) is 30.8. The molecule has 4 aliphatic heterocycles. The minimum atomic E-state index is -2.11. The fraction of sp³-hybridized carbons (Fsp3) is 0.839. The second kappa shape index (κ2) is 32.5. The Balaban J connectivity index is 1.71. The van der Waals surface area contributed by atoms with Crippen LogP contribution < -0.4 is 10.6 Å². The lowest BCUT2D eigenvalue weighted by Crippen LogP contribution is -2.59. The first-order valence-electron chi connectivity index (χ1n) is 31.1. The van der Waals surface area contributed by atoms with E-state index < -0.39 is 156 Å². The lowest BCUT2D eigenvalue weighted by Gasteiger charge is -2.45. The number of ketones is 1. The number of cyclic esters (lactones) is 1. The Morgan fingerprint density at radius 2 is 1.50 bits per heavy atom. The predicted octanol–water partition coefficient (Wildman–Crippen LogP) is 5.49. The maximum atomic E-state index is 16.1. The summed E-state index contributed by atoms with van der Waals surface area (Å²) in [5.74, 6) is -9.10. The van der Waals surface area contributed by atoms with Gasteiger partial charge in [-0.25, -0.2) is 14.8 Å². The predicted molar refractivity (Wildman–Crippen MR) is 319 cm³/mol. The van der Waals surface area contributed by atoms with Crippen LogP contribution in [0, 0.1) is 41.4 Å². The van der Waals surface area contributed by atoms with Gasteiger partial charge in [-0.15, -0.1) is 0 Å². The van der Waals surface area contributed by atoms with E-state index in [1.165, 1.54) is 28.3 Å². The van der Waals surface area contributed by atoms with Crippen LogP contribution in [0.5, 0.6) is 5.88 Å². The van der Waals surface area contributed by atoms with Crippen molar-refractivity contribution in [2.45, 2.75) is 253 Å². The van der Waals surface area contributed by atoms with Crippen LogP contribution in [0.1, 0.15) is 154 Å². The van der Waals surface area contributed by atoms with E-state index in [1.54, 1.807) is 62.3 Å². The van der Waals surface area contributed by atoms with Crippen LogP contribution in [0.15, 0.2) is 17.5 Å². The first kappa shape index (κ1) is 74.0. The number of methoxy groups -OCH3 is 2. The summed E-state index contributed by atoms with van der Waals surface area (Å²) in [5.41, 5.74) is -3.19. The molecular weight excluding hydrogens is 1150 g/mol. The molecule has 1 aromatic heterocycles. The number of esters is 2. The normalized spacial score (nSPS) is 36.8. The van der Waals surface area contributed by atoms with E-state index in [1.807, 2.05) is 27.7 Å². The molecular formula is C62H104N6O20. The van der Waals surface area contributed by atoms with Crippen molar-refractivity contribution in [3.05, 3.63) is 18.1 Å². The molecule has 4 saturated heterocycles. The molecule has 22 atom stereocenters. The molecule has 0 saturated carbocycles. The summed E-state index contributed by atoms with van der Waals surface area (Å²) in [4.78, 5) is 88.7. The van der Waals surface area contributed by atoms with Gasteiger partial charge in [-0.1, -0.05) is 53.6 Å². The van der Waals surface area contributed by atoms with Crippen LogP contribution >= 0.6 is 0 Å². The van der Waals surface area contributed by atoms with Crippen molar-refractivity contribution in [1.29, 1.82) is 0 Å². The average Bonchev–Trinajstić information content (AvgIpc) is 3.41. The second-order valence-corrected chi connectivity index (χ2v) is 26.5. The summed E-state index contributed by atoms with van der Waals surface area (Å²) in [5, 5.41) is 42.2. The topological polar surface area (TPSA) is 322 Å². The lowest BCUT2D eigenvalue weighted by molar-refractivity contribution is -0.305. The molecule has 4 aliphatic rings. The molecule has 26 heteroatoms. The number of rotatable bonds is 20. The maximum Gasteiger partial charge on any atom is 0.408 e. The van der Waals surface area contributed by atoms with E-state index in [2.05, 4.69) is 51.4 Å². The second-order valence-electron chi connectivity index (χ2n) is 26.5. The van der Waals surface area contributed by atoms with Gasteiger partial charge < -0.3 is 82.9 Å². The molecule has 5 N–H and O–H groups in total. The number of oxime groups is 1. The zero-order chi connectivity index (χ0) is 65.9. The molecule has 1 aromatic rings. The van der Waals surface area contributed by atoms with Gasteiger partial charge in [0.2, 0.25) is 5.88 Å². The Hall–Kier alpha value is -4.74. The van der Waals surface area contributed by atoms with Crippen LogP contribution in [0.3, 0.4) is 0 Å². The van der Waals surface area contributed by atoms with Crippen LogP contribution in [0.2, 0.25) is 0 Å². The molecule has 0 radical (unpaired) electrons. The van der Waals surface area contributed by atoms with E-state index in [-0.39, 0.29) is 73.8 Å². The highest BCUT2D eigenvalue weighted by Crippen LogP contribution is 2.41. The van der Waals surface area contributed by atoms with Crippen molar-refractivity contribution in [2.75, 3.05) is 41.0 Å². The highest BCUT2D eigenvalue weighted by atomic mass is 16.7. The summed E-state index contributed by atoms with van der Waals surface area (Å²) in [6, 6.07) is 0.131. The average molecular weight is 1250 g/mol. The van der Waals surface area contributed by atoms with Gasteiger partial charge in [0.1, 0.15) is 49.4 Å². The van der Waals surface area contributed by atoms with Crippen LogP contribution in [-0.2, 0) is 71.3 Å². The zero-order valence-electron chi connectivity index (χ0n) is 55.5. The van der Waals surface area contributed by atoms with E-state index in [0.717, 1.165) is 12.4 Å². The quantitative estimate of drug-likeness (QED) is 0.0612. The van der Waals surface area contributed by atoms with Crippen LogP contribution in [0.25, 0.3) is 0 Å². The maximum absolute atomic E-state index is 16.1. The Labute approximate surface area is 519 Å². The Morgan fingerprint density at radius 3 is 2.10 bits per heavy atom. The number of aliphatic hydroxyl groups excluding tert-OH is 2. The Bertz CT molecular complexity index is 2460. The van der Waals surface area contributed by atoms with E-state index >= 15 is 9.59 Å². The van der Waals surface area contributed by atoms with Gasteiger partial charge in [0, 0.05) is 76.4 Å². The van der Waals surface area contributed by atoms with Gasteiger partial charge in [-0.3, -0.25) is 24.1 Å². The zero-order valence-corrected chi connectivity index (χ0v) is 55.5. The number of nitrogens with one attached hydrogen (secondary N) is 2. The fourth-order valence-corrected chi connectivity index (χ4v) is 12.7. The van der Waals surface area contributed by atoms with E-state index in [0.29, 0.717) is 13.0 Å². The first-order valence-corrected chi connectivity index (χ1v) is 31.1. The number of nitrogens with zero attached hydrogens (tertiary/aromatic N) is 4. The minimum absolute atomic E-state index is 0.0349. The number of alkyl carbamates (subject to hydrolysis) is 1. The molecule has 4 fully saturated rings. The molecule has 0 aromatic carbocycles. The molecule has 0 spiro atoms. The van der Waals surface area contributed by atoms with E-state index in [4.69, 9.17) is 56.9 Å². The van der Waals surface area contributed by atoms with Gasteiger partial charge in [0.25, 0.3) is 5.91 Å². The number of amides is 2. The lowest BCUT2D eigenvalue weighted by atomic mass is 9.74. The van der Waals surface area contributed by atoms with Crippen molar-refractivity contribution in [3.63, 3.8) is 0 Å². The highest BCUT2D eigenvalue weighted by Gasteiger charge is 2.53. The SMILES string of the molecule is CON=C1C[C@@H](C)O[C@@H](O[C@@H]2[C@@H](C)[C@H](O[C@H]3C[C@H](C)N(C(C)C)C[C@H](C)O3)[C@@H](C)C(=O)O[C@H]([C@@H](C)CO[C@@H]3O[C@H](C)[C@@H](O)[C@@H](OC)[C@H]3OC)[C@H](C)[C@@H](OC(=O)CC(C)C)[C@@H](C)C(=O)[C@@](C)(OC(=O)NC(C)(C)CNC(=O)c3cnc(O)cn3)C[C@@H]2C)[C@@H]1O. The summed E-state index contributed by atoms with van der Waals surface area (Å²) >= 11 is 0. The summed E-state index contributed by atoms with van der Waals surface area (Å²) in [6.07, 6.45) is -12.6. The molecule has 502 valence electrons. The molecule has 0 unspecified atom stereocenters. The standard InChI is InChI=1S/C62H104N6O20/c1-30(2)21-45(70)84-51-38(11)50(33(6)28-80-59-54(78-19)53(77-18)47(71)41(14)83-59)86-57(75)40(13)52(85-46-22-34(7)68(31(3)4)27-36(9)81-46)37(10)49(87-58-48(72)42(67-79-20)23-35(8)82-58)32(5)24-62(17,55(73)39(51)12)88-60(76)66-61(15,16)29-65-56(74)43-25-64-44(69)26-63-43/h25-26,30-41,46-54,58-59,71-72H,21-24,27-29H2,1-20H3,(H,64,69)(H,65,74)(H,66,76)/t32-,33-,34-,35+,36-,37+,38-,39+,40+,41+,46-,47+,48+,49-,50+,51+,52-,53+,54+,58-,59+,62-/m0/s1. The van der Waals surface area contributed by atoms with Crippen molar-refractivity contribution < 1.29 is 96.2 Å². The van der Waals surface area contributed by atoms with Gasteiger partial charge >= 0.3 is 18.0 Å². The van der Waals surface area contributed by atoms with Crippen molar-refractivity contribution >= 4 is 35.4 Å². The highest BCUT2D eigenvalue weighted by molar-refractivity contribution is 5.93. The minimum Gasteiger partial charge on any atom is -0.492 e. The van der Waals surface area contributed by atoms with E-state index in [9.17, 15) is 29.7 Å². The number of carbonyl (C=O) groups excluding carboxylic acids is 5. The smallest absolute Gasteiger partial charge is 0.408 e. The molecule has 2 amide bonds. The molecule has 0 aliphatic carbocycles. The third kappa shape index (κ3) is 19.4. The number of ether oxygens (including phenoxy) is 11. The van der Waals surface area contributed by atoms with Crippen molar-refractivity contribution in [3.8, 4) is 5.88 Å². The van der Waals surface area contributed by atoms with Gasteiger partial charge in [0.05, 0.1) is 72.6 Å². The molecule has 88 heavy (non-hydrogen) atoms. The number of aromatic nitrogens is 2. The van der Waals surface area contributed by atoms with Crippen molar-refractivity contribution in [2.24, 2.45) is 46.6 Å². The van der Waals surface area contributed by atoms with Gasteiger partial charge in [-0.2, -0.15) is 0 Å². The number of hydrogen-bond acceptors (Lipinski definition) is 24. The van der Waals surface area contributed by atoms with Gasteiger partial charge in [-0.05, 0) is 87.5 Å². The Morgan fingerprint density at radius 1 is 0.830 bits per heavy atom. The summed E-state index contributed by atoms with van der Waals surface area (Å²) < 4.78 is 70.9. The monoisotopic (exact) mass is 1250 g/mol. The summed E-state index contributed by atoms with van der Waals surface area (Å²) in [7, 11) is 4.24. The number of aromatic hydroxyl groups is 1. The van der Waals surface area contributed by atoms with Crippen LogP contribution in [-0.4, -0.2) is 216 Å². The number of Topliss-reactive ketones (excluding diaryl/α,β-unsaturated/α-hetero) is 1. The van der Waals surface area contributed by atoms with Crippen molar-refractivity contribution in [1.82, 2.24) is 25.5 Å². The van der Waals surface area contributed by atoms with Crippen LogP contribution in [0.4, 0.5) is 4.79 Å². The number of aliphatic hydroxyl groups is 2. The third-order valence-corrected chi connectivity index (χ3v) is 17.3. The number of hydrogen-bond donors (Lipinski definition) is 5. The molecule has 5 heterocycles. The first-order chi connectivity index (χ1) is 41.1. The fourth-order valence-electron chi connectivity index (χ4n) is 12.7. The molecule has 26 nitrogen and oxygen atoms in total. The molecule has 0 bridgehead atoms. The third-order valence-electron chi connectivity index (χ3n) is 17.3. The Kier molecular flexibility index (Phi) is 27.3. The number of carbonyl (C=O) groups is 5. The molecule has 5 rings (SSSR count).